The molecule has 0 spiro atoms. The summed E-state index contributed by atoms with van der Waals surface area (Å²) in [5.41, 5.74) is 0.404. The SMILES string of the molecule is COCC(NCC1(N(C)C)CCC1)C(C)C. The molecule has 0 aromatic carbocycles. The quantitative estimate of drug-likeness (QED) is 0.718. The van der Waals surface area contributed by atoms with Gasteiger partial charge in [0.2, 0.25) is 0 Å². The molecule has 1 unspecified atom stereocenters. The van der Waals surface area contributed by atoms with Crippen LogP contribution in [0.4, 0.5) is 0 Å². The highest BCUT2D eigenvalue weighted by Crippen LogP contribution is 2.35. The van der Waals surface area contributed by atoms with Crippen LogP contribution in [0.5, 0.6) is 0 Å². The van der Waals surface area contributed by atoms with Crippen LogP contribution in [0, 0.1) is 5.92 Å². The van der Waals surface area contributed by atoms with E-state index in [0.29, 0.717) is 17.5 Å². The molecule has 96 valence electrons. The number of likely N-dealkylation sites (N-methyl/N-ethyl adjacent to an activating group) is 1. The number of hydrogen-bond donors (Lipinski definition) is 1. The summed E-state index contributed by atoms with van der Waals surface area (Å²) in [6.07, 6.45) is 4.02. The molecule has 0 heterocycles. The van der Waals surface area contributed by atoms with Gasteiger partial charge >= 0.3 is 0 Å². The van der Waals surface area contributed by atoms with E-state index < -0.39 is 0 Å². The Balaban J connectivity index is 2.41. The van der Waals surface area contributed by atoms with Crippen LogP contribution in [0.2, 0.25) is 0 Å². The molecule has 1 rings (SSSR count). The average Bonchev–Trinajstić information content (AvgIpc) is 2.13. The van der Waals surface area contributed by atoms with Crippen LogP contribution in [0.1, 0.15) is 33.1 Å². The summed E-state index contributed by atoms with van der Waals surface area (Å²) in [5, 5.41) is 3.68. The fourth-order valence-electron chi connectivity index (χ4n) is 2.35. The van der Waals surface area contributed by atoms with E-state index in [0.717, 1.165) is 13.2 Å². The third kappa shape index (κ3) is 3.19. The molecular formula is C13H28N2O. The van der Waals surface area contributed by atoms with Gasteiger partial charge in [-0.15, -0.1) is 0 Å². The predicted octanol–water partition coefficient (Wildman–Crippen LogP) is 1.73. The minimum absolute atomic E-state index is 0.404. The largest absolute Gasteiger partial charge is 0.383 e. The monoisotopic (exact) mass is 228 g/mol. The lowest BCUT2D eigenvalue weighted by molar-refractivity contribution is 0.0486. The fraction of sp³-hybridized carbons (Fsp3) is 1.00. The fourth-order valence-corrected chi connectivity index (χ4v) is 2.35. The molecule has 16 heavy (non-hydrogen) atoms. The molecule has 1 aliphatic carbocycles. The molecule has 3 nitrogen and oxygen atoms in total. The molecule has 1 fully saturated rings. The van der Waals surface area contributed by atoms with E-state index in [1.807, 2.05) is 0 Å². The van der Waals surface area contributed by atoms with Crippen molar-refractivity contribution in [1.29, 1.82) is 0 Å². The maximum absolute atomic E-state index is 5.27. The summed E-state index contributed by atoms with van der Waals surface area (Å²) in [4.78, 5) is 2.38. The zero-order chi connectivity index (χ0) is 12.2. The lowest BCUT2D eigenvalue weighted by Gasteiger charge is -2.48. The van der Waals surface area contributed by atoms with E-state index in [9.17, 15) is 0 Å². The van der Waals surface area contributed by atoms with Gasteiger partial charge in [-0.25, -0.2) is 0 Å². The first-order chi connectivity index (χ1) is 7.52. The second kappa shape index (κ2) is 5.99. The predicted molar refractivity (Wildman–Crippen MR) is 68.8 cm³/mol. The van der Waals surface area contributed by atoms with Gasteiger partial charge in [0.25, 0.3) is 0 Å². The van der Waals surface area contributed by atoms with Gasteiger partial charge in [-0.05, 0) is 39.3 Å². The topological polar surface area (TPSA) is 24.5 Å². The van der Waals surface area contributed by atoms with E-state index in [1.165, 1.54) is 19.3 Å². The third-order valence-corrected chi connectivity index (χ3v) is 4.08. The first kappa shape index (κ1) is 13.9. The van der Waals surface area contributed by atoms with E-state index in [2.05, 4.69) is 38.2 Å². The minimum Gasteiger partial charge on any atom is -0.383 e. The van der Waals surface area contributed by atoms with Crippen LogP contribution in [-0.4, -0.2) is 50.8 Å². The highest BCUT2D eigenvalue weighted by atomic mass is 16.5. The van der Waals surface area contributed by atoms with Gasteiger partial charge < -0.3 is 15.0 Å². The van der Waals surface area contributed by atoms with E-state index in [4.69, 9.17) is 4.74 Å². The molecule has 1 aliphatic rings. The van der Waals surface area contributed by atoms with Crippen LogP contribution >= 0.6 is 0 Å². The van der Waals surface area contributed by atoms with Gasteiger partial charge in [0, 0.05) is 25.2 Å². The normalized spacial score (nSPS) is 21.2. The third-order valence-electron chi connectivity index (χ3n) is 4.08. The molecule has 1 saturated carbocycles. The zero-order valence-electron chi connectivity index (χ0n) is 11.5. The Morgan fingerprint density at radius 2 is 1.94 bits per heavy atom. The van der Waals surface area contributed by atoms with Crippen LogP contribution in [-0.2, 0) is 4.74 Å². The van der Waals surface area contributed by atoms with Gasteiger partial charge in [0.05, 0.1) is 6.61 Å². The summed E-state index contributed by atoms with van der Waals surface area (Å²) in [7, 11) is 6.17. The van der Waals surface area contributed by atoms with Crippen molar-refractivity contribution in [1.82, 2.24) is 10.2 Å². The van der Waals surface area contributed by atoms with Gasteiger partial charge in [-0.3, -0.25) is 0 Å². The number of nitrogens with zero attached hydrogens (tertiary/aromatic N) is 1. The molecule has 0 amide bonds. The van der Waals surface area contributed by atoms with E-state index >= 15 is 0 Å². The molecule has 0 bridgehead atoms. The van der Waals surface area contributed by atoms with Crippen molar-refractivity contribution in [2.45, 2.75) is 44.7 Å². The van der Waals surface area contributed by atoms with Crippen molar-refractivity contribution < 1.29 is 4.74 Å². The summed E-state index contributed by atoms with van der Waals surface area (Å²) >= 11 is 0. The first-order valence-electron chi connectivity index (χ1n) is 6.41. The van der Waals surface area contributed by atoms with E-state index in [1.54, 1.807) is 7.11 Å². The molecule has 1 atom stereocenters. The van der Waals surface area contributed by atoms with Crippen molar-refractivity contribution in [3.05, 3.63) is 0 Å². The second-order valence-corrected chi connectivity index (χ2v) is 5.66. The van der Waals surface area contributed by atoms with Crippen LogP contribution < -0.4 is 5.32 Å². The van der Waals surface area contributed by atoms with Gasteiger partial charge in [-0.2, -0.15) is 0 Å². The number of hydrogen-bond acceptors (Lipinski definition) is 3. The van der Waals surface area contributed by atoms with Crippen LogP contribution in [0.3, 0.4) is 0 Å². The Hall–Kier alpha value is -0.120. The number of methoxy groups -OCH3 is 1. The molecule has 0 radical (unpaired) electrons. The highest BCUT2D eigenvalue weighted by Gasteiger charge is 2.39. The first-order valence-corrected chi connectivity index (χ1v) is 6.41. The summed E-state index contributed by atoms with van der Waals surface area (Å²) in [6.45, 7) is 6.40. The van der Waals surface area contributed by atoms with Crippen molar-refractivity contribution in [2.24, 2.45) is 5.92 Å². The summed E-state index contributed by atoms with van der Waals surface area (Å²) < 4.78 is 5.27. The molecule has 0 saturated heterocycles. The smallest absolute Gasteiger partial charge is 0.0618 e. The lowest BCUT2D eigenvalue weighted by atomic mass is 9.75. The molecule has 3 heteroatoms. The van der Waals surface area contributed by atoms with Gasteiger partial charge in [-0.1, -0.05) is 13.8 Å². The molecular weight excluding hydrogens is 200 g/mol. The minimum atomic E-state index is 0.404. The lowest BCUT2D eigenvalue weighted by Crippen LogP contribution is -2.58. The van der Waals surface area contributed by atoms with Crippen LogP contribution in [0.15, 0.2) is 0 Å². The molecule has 0 aromatic rings. The van der Waals surface area contributed by atoms with E-state index in [-0.39, 0.29) is 0 Å². The Morgan fingerprint density at radius 3 is 2.25 bits per heavy atom. The average molecular weight is 228 g/mol. The maximum Gasteiger partial charge on any atom is 0.0618 e. The Bertz CT molecular complexity index is 200. The highest BCUT2D eigenvalue weighted by molar-refractivity contribution is 4.98. The second-order valence-electron chi connectivity index (χ2n) is 5.66. The molecule has 0 aromatic heterocycles. The number of ether oxygens (including phenoxy) is 1. The Kier molecular flexibility index (Phi) is 5.22. The molecule has 0 aliphatic heterocycles. The van der Waals surface area contributed by atoms with Crippen molar-refractivity contribution in [3.8, 4) is 0 Å². The number of nitrogens with one attached hydrogen (secondary N) is 1. The van der Waals surface area contributed by atoms with Gasteiger partial charge in [0.15, 0.2) is 0 Å². The molecule has 1 N–H and O–H groups in total. The van der Waals surface area contributed by atoms with Crippen molar-refractivity contribution in [2.75, 3.05) is 34.4 Å². The Labute approximate surface area is 101 Å². The summed E-state index contributed by atoms with van der Waals surface area (Å²) in [5.74, 6) is 0.624. The maximum atomic E-state index is 5.27. The van der Waals surface area contributed by atoms with Crippen molar-refractivity contribution >= 4 is 0 Å². The van der Waals surface area contributed by atoms with Crippen LogP contribution in [0.25, 0.3) is 0 Å². The Morgan fingerprint density at radius 1 is 1.31 bits per heavy atom. The van der Waals surface area contributed by atoms with Gasteiger partial charge in [0.1, 0.15) is 0 Å². The van der Waals surface area contributed by atoms with Crippen molar-refractivity contribution in [3.63, 3.8) is 0 Å². The standard InChI is InChI=1S/C13H28N2O/c1-11(2)12(9-16-5)14-10-13(15(3)4)7-6-8-13/h11-12,14H,6-10H2,1-5H3. The summed E-state index contributed by atoms with van der Waals surface area (Å²) in [6, 6.07) is 0.474. The number of rotatable bonds is 7. The zero-order valence-corrected chi connectivity index (χ0v) is 11.5.